The number of hydrogen-bond acceptors (Lipinski definition) is 8. The number of anilines is 1. The Balaban J connectivity index is 1.05. The van der Waals surface area contributed by atoms with Crippen LogP contribution in [0.5, 0.6) is 0 Å². The van der Waals surface area contributed by atoms with Crippen molar-refractivity contribution < 1.29 is 22.8 Å². The first-order chi connectivity index (χ1) is 21.3. The maximum atomic E-state index is 13.7. The highest BCUT2D eigenvalue weighted by molar-refractivity contribution is 5.96. The number of oxazole rings is 1. The third-order valence-electron chi connectivity index (χ3n) is 8.19. The van der Waals surface area contributed by atoms with Crippen molar-refractivity contribution in [3.63, 3.8) is 0 Å². The molecule has 1 saturated heterocycles. The van der Waals surface area contributed by atoms with Gasteiger partial charge in [-0.05, 0) is 85.3 Å². The van der Waals surface area contributed by atoms with Gasteiger partial charge in [-0.25, -0.2) is 13.8 Å². The SMILES string of the molecule is Cc1nnn(C(c2ccc(F)cc2)C2CCN(C(=O)c3cc(-c4nc5cc(NC(=O)[C@@H]6C[C@@H]6F)ccc5o4)ccn3)CC2)n1. The number of halogens is 2. The summed E-state index contributed by atoms with van der Waals surface area (Å²) in [6, 6.07) is 14.5. The van der Waals surface area contributed by atoms with E-state index in [1.54, 1.807) is 65.3 Å². The number of carbonyl (C=O) groups excluding carboxylic acids is 2. The van der Waals surface area contributed by atoms with Crippen LogP contribution in [0, 0.1) is 24.6 Å². The minimum absolute atomic E-state index is 0.106. The van der Waals surface area contributed by atoms with Gasteiger partial charge in [-0.2, -0.15) is 4.80 Å². The Kier molecular flexibility index (Phi) is 7.07. The van der Waals surface area contributed by atoms with E-state index in [0.29, 0.717) is 60.0 Å². The molecule has 3 atom stereocenters. The van der Waals surface area contributed by atoms with Crippen molar-refractivity contribution >= 4 is 28.6 Å². The van der Waals surface area contributed by atoms with E-state index < -0.39 is 12.1 Å². The number of nitrogens with one attached hydrogen (secondary N) is 1. The Hall–Kier alpha value is -5.07. The van der Waals surface area contributed by atoms with Gasteiger partial charge in [0.15, 0.2) is 11.4 Å². The number of piperidine rings is 1. The lowest BCUT2D eigenvalue weighted by Crippen LogP contribution is -2.41. The Morgan fingerprint density at radius 1 is 1.07 bits per heavy atom. The molecule has 11 nitrogen and oxygen atoms in total. The number of fused-ring (bicyclic) bond motifs is 1. The monoisotopic (exact) mass is 598 g/mol. The molecule has 1 aliphatic carbocycles. The van der Waals surface area contributed by atoms with Crippen LogP contribution in [0.15, 0.2) is 65.2 Å². The van der Waals surface area contributed by atoms with Crippen LogP contribution in [0.1, 0.15) is 47.2 Å². The molecule has 1 saturated carbocycles. The Labute approximate surface area is 250 Å². The van der Waals surface area contributed by atoms with Crippen molar-refractivity contribution in [2.75, 3.05) is 18.4 Å². The van der Waals surface area contributed by atoms with Gasteiger partial charge in [0.05, 0.1) is 5.92 Å². The second-order valence-corrected chi connectivity index (χ2v) is 11.3. The number of likely N-dealkylation sites (tertiary alicyclic amines) is 1. The van der Waals surface area contributed by atoms with Crippen LogP contribution in [0.25, 0.3) is 22.6 Å². The van der Waals surface area contributed by atoms with E-state index in [4.69, 9.17) is 4.42 Å². The van der Waals surface area contributed by atoms with E-state index >= 15 is 0 Å². The summed E-state index contributed by atoms with van der Waals surface area (Å²) in [6.45, 7) is 2.77. The first-order valence-corrected chi connectivity index (χ1v) is 14.4. The van der Waals surface area contributed by atoms with Gasteiger partial charge in [0.25, 0.3) is 5.91 Å². The number of carbonyl (C=O) groups is 2. The van der Waals surface area contributed by atoms with E-state index in [-0.39, 0.29) is 41.7 Å². The summed E-state index contributed by atoms with van der Waals surface area (Å²) >= 11 is 0. The van der Waals surface area contributed by atoms with Gasteiger partial charge >= 0.3 is 0 Å². The van der Waals surface area contributed by atoms with E-state index in [0.717, 1.165) is 5.56 Å². The maximum Gasteiger partial charge on any atom is 0.272 e. The summed E-state index contributed by atoms with van der Waals surface area (Å²) in [4.78, 5) is 37.8. The summed E-state index contributed by atoms with van der Waals surface area (Å²) < 4.78 is 32.8. The second-order valence-electron chi connectivity index (χ2n) is 11.3. The van der Waals surface area contributed by atoms with Crippen molar-refractivity contribution in [3.05, 3.63) is 83.7 Å². The van der Waals surface area contributed by atoms with Gasteiger partial charge in [0.1, 0.15) is 29.2 Å². The largest absolute Gasteiger partial charge is 0.436 e. The first-order valence-electron chi connectivity index (χ1n) is 14.4. The van der Waals surface area contributed by atoms with E-state index in [1.165, 1.54) is 12.1 Å². The summed E-state index contributed by atoms with van der Waals surface area (Å²) in [5.41, 5.74) is 3.27. The number of tetrazole rings is 1. The van der Waals surface area contributed by atoms with Crippen LogP contribution in [-0.2, 0) is 4.79 Å². The molecule has 7 rings (SSSR count). The van der Waals surface area contributed by atoms with E-state index in [9.17, 15) is 18.4 Å². The molecule has 5 aromatic rings. The molecule has 2 fully saturated rings. The molecule has 1 N–H and O–H groups in total. The number of amides is 2. The third kappa shape index (κ3) is 5.52. The quantitative estimate of drug-likeness (QED) is 0.284. The molecule has 4 heterocycles. The fourth-order valence-corrected chi connectivity index (χ4v) is 5.73. The average molecular weight is 599 g/mol. The van der Waals surface area contributed by atoms with Gasteiger partial charge in [0.2, 0.25) is 11.8 Å². The Morgan fingerprint density at radius 2 is 1.84 bits per heavy atom. The number of benzene rings is 2. The number of aryl methyl sites for hydroxylation is 1. The number of hydrogen-bond donors (Lipinski definition) is 1. The van der Waals surface area contributed by atoms with Crippen LogP contribution in [0.3, 0.4) is 0 Å². The van der Waals surface area contributed by atoms with Crippen LogP contribution >= 0.6 is 0 Å². The number of aromatic nitrogens is 6. The van der Waals surface area contributed by atoms with E-state index in [2.05, 4.69) is 30.7 Å². The molecular weight excluding hydrogens is 570 g/mol. The topological polar surface area (TPSA) is 132 Å². The first kappa shape index (κ1) is 27.7. The fourth-order valence-electron chi connectivity index (χ4n) is 5.73. The molecule has 0 radical (unpaired) electrons. The second kappa shape index (κ2) is 11.2. The smallest absolute Gasteiger partial charge is 0.272 e. The molecule has 224 valence electrons. The van der Waals surface area contributed by atoms with Crippen molar-refractivity contribution in [1.82, 2.24) is 35.1 Å². The van der Waals surface area contributed by atoms with Crippen LogP contribution in [0.2, 0.25) is 0 Å². The molecule has 2 aliphatic rings. The van der Waals surface area contributed by atoms with Crippen molar-refractivity contribution in [1.29, 1.82) is 0 Å². The minimum Gasteiger partial charge on any atom is -0.436 e. The van der Waals surface area contributed by atoms with Crippen LogP contribution in [-0.4, -0.2) is 66.2 Å². The summed E-state index contributed by atoms with van der Waals surface area (Å²) in [6.07, 6.45) is 2.09. The standard InChI is InChI=1S/C31H28F2N8O3/c1-17-37-39-41(38-17)28(18-2-4-21(32)5-3-18)19-9-12-40(13-10-19)31(43)26-14-20(8-11-34-26)30-36-25-15-22(6-7-27(25)44-30)35-29(42)23-16-24(23)33/h2-8,11,14-15,19,23-24,28H,9-10,12-13,16H2,1H3,(H,35,42)/t23-,24+,28?/m1/s1. The maximum absolute atomic E-state index is 13.7. The van der Waals surface area contributed by atoms with Gasteiger partial charge in [-0.3, -0.25) is 14.6 Å². The summed E-state index contributed by atoms with van der Waals surface area (Å²) in [5.74, 6) is -0.501. The van der Waals surface area contributed by atoms with Gasteiger partial charge in [0, 0.05) is 30.5 Å². The lowest BCUT2D eigenvalue weighted by Gasteiger charge is -2.35. The molecule has 0 bridgehead atoms. The molecule has 2 amide bonds. The average Bonchev–Trinajstić information content (AvgIpc) is 3.40. The lowest BCUT2D eigenvalue weighted by molar-refractivity contribution is -0.117. The zero-order valence-corrected chi connectivity index (χ0v) is 23.7. The van der Waals surface area contributed by atoms with Gasteiger partial charge < -0.3 is 14.6 Å². The van der Waals surface area contributed by atoms with Gasteiger partial charge in [-0.15, -0.1) is 10.2 Å². The molecule has 3 aromatic heterocycles. The molecule has 1 aliphatic heterocycles. The fraction of sp³-hybridized carbons (Fsp3) is 0.323. The molecule has 13 heteroatoms. The van der Waals surface area contributed by atoms with Crippen molar-refractivity contribution in [2.45, 2.75) is 38.4 Å². The minimum atomic E-state index is -1.08. The van der Waals surface area contributed by atoms with Crippen molar-refractivity contribution in [3.8, 4) is 11.5 Å². The predicted molar refractivity (Wildman–Crippen MR) is 155 cm³/mol. The molecule has 44 heavy (non-hydrogen) atoms. The predicted octanol–water partition coefficient (Wildman–Crippen LogP) is 4.76. The zero-order chi connectivity index (χ0) is 30.4. The highest BCUT2D eigenvalue weighted by atomic mass is 19.1. The molecular formula is C31H28F2N8O3. The zero-order valence-electron chi connectivity index (χ0n) is 23.7. The van der Waals surface area contributed by atoms with E-state index in [1.807, 2.05) is 0 Å². The number of pyridine rings is 1. The van der Waals surface area contributed by atoms with Crippen LogP contribution < -0.4 is 5.32 Å². The number of alkyl halides is 1. The van der Waals surface area contributed by atoms with Crippen LogP contribution in [0.4, 0.5) is 14.5 Å². The molecule has 0 spiro atoms. The highest BCUT2D eigenvalue weighted by Gasteiger charge is 2.43. The highest BCUT2D eigenvalue weighted by Crippen LogP contribution is 2.36. The Bertz CT molecular complexity index is 1850. The lowest BCUT2D eigenvalue weighted by atomic mass is 9.85. The third-order valence-corrected chi connectivity index (χ3v) is 8.19. The molecule has 1 unspecified atom stereocenters. The van der Waals surface area contributed by atoms with Gasteiger partial charge in [-0.1, -0.05) is 12.1 Å². The Morgan fingerprint density at radius 3 is 2.55 bits per heavy atom. The summed E-state index contributed by atoms with van der Waals surface area (Å²) in [5, 5.41) is 15.4. The summed E-state index contributed by atoms with van der Waals surface area (Å²) in [7, 11) is 0. The number of rotatable bonds is 7. The normalized spacial score (nSPS) is 19.2. The van der Waals surface area contributed by atoms with Crippen molar-refractivity contribution in [2.24, 2.45) is 11.8 Å². The number of nitrogens with zero attached hydrogens (tertiary/aromatic N) is 7. The molecule has 2 aromatic carbocycles.